The Morgan fingerprint density at radius 1 is 1.08 bits per heavy atom. The highest BCUT2D eigenvalue weighted by Gasteiger charge is 2.04. The van der Waals surface area contributed by atoms with Gasteiger partial charge >= 0.3 is 0 Å². The molecule has 0 radical (unpaired) electrons. The number of rotatable bonds is 6. The van der Waals surface area contributed by atoms with Crippen LogP contribution < -0.4 is 16.0 Å². The minimum atomic E-state index is -0.0941. The fraction of sp³-hybridized carbons (Fsp3) is 0.263. The Morgan fingerprint density at radius 2 is 1.84 bits per heavy atom. The number of halogens is 1. The summed E-state index contributed by atoms with van der Waals surface area (Å²) < 4.78 is 0. The lowest BCUT2D eigenvalue weighted by Crippen LogP contribution is -2.36. The van der Waals surface area contributed by atoms with Crippen molar-refractivity contribution in [3.05, 3.63) is 70.2 Å². The Hall–Kier alpha value is -2.53. The van der Waals surface area contributed by atoms with Crippen LogP contribution in [0.4, 0.5) is 0 Å². The zero-order valence-electron chi connectivity index (χ0n) is 14.5. The van der Waals surface area contributed by atoms with Crippen LogP contribution in [0.2, 0.25) is 5.02 Å². The predicted octanol–water partition coefficient (Wildman–Crippen LogP) is 2.95. The second kappa shape index (κ2) is 9.69. The van der Waals surface area contributed by atoms with Crippen molar-refractivity contribution in [1.82, 2.24) is 16.0 Å². The summed E-state index contributed by atoms with van der Waals surface area (Å²) in [6, 6.07) is 15.2. The first-order valence-electron chi connectivity index (χ1n) is 8.20. The van der Waals surface area contributed by atoms with Crippen LogP contribution in [0, 0.1) is 0 Å². The van der Waals surface area contributed by atoms with Crippen molar-refractivity contribution in [1.29, 1.82) is 0 Å². The first-order chi connectivity index (χ1) is 12.1. The number of hydrogen-bond acceptors (Lipinski definition) is 2. The highest BCUT2D eigenvalue weighted by atomic mass is 35.5. The van der Waals surface area contributed by atoms with Gasteiger partial charge in [-0.1, -0.05) is 35.9 Å². The van der Waals surface area contributed by atoms with Gasteiger partial charge in [-0.3, -0.25) is 4.79 Å². The van der Waals surface area contributed by atoms with E-state index in [1.165, 1.54) is 0 Å². The molecule has 5 nitrogen and oxygen atoms in total. The zero-order chi connectivity index (χ0) is 18.1. The van der Waals surface area contributed by atoms with E-state index in [2.05, 4.69) is 20.9 Å². The molecule has 132 valence electrons. The monoisotopic (exact) mass is 358 g/mol. The van der Waals surface area contributed by atoms with Gasteiger partial charge in [-0.05, 0) is 42.3 Å². The summed E-state index contributed by atoms with van der Waals surface area (Å²) in [6.45, 7) is 3.89. The second-order valence-electron chi connectivity index (χ2n) is 5.46. The molecule has 0 saturated carbocycles. The molecule has 0 heterocycles. The van der Waals surface area contributed by atoms with Gasteiger partial charge < -0.3 is 16.0 Å². The molecule has 0 spiro atoms. The molecule has 0 atom stereocenters. The van der Waals surface area contributed by atoms with Crippen molar-refractivity contribution in [2.45, 2.75) is 20.0 Å². The standard InChI is InChI=1S/C19H23ClN4O/c1-3-22-19(24-13-15-7-5-9-17(20)11-15)23-12-14-6-4-8-16(10-14)18(25)21-2/h4-11H,3,12-13H2,1-2H3,(H,21,25)(H2,22,23,24). The molecule has 3 N–H and O–H groups in total. The van der Waals surface area contributed by atoms with Crippen molar-refractivity contribution in [2.75, 3.05) is 13.6 Å². The normalized spacial score (nSPS) is 11.1. The molecule has 0 bridgehead atoms. The molecule has 0 aromatic heterocycles. The highest BCUT2D eigenvalue weighted by molar-refractivity contribution is 6.30. The van der Waals surface area contributed by atoms with Gasteiger partial charge in [0.25, 0.3) is 5.91 Å². The van der Waals surface area contributed by atoms with Gasteiger partial charge in [0.05, 0.1) is 6.54 Å². The lowest BCUT2D eigenvalue weighted by molar-refractivity contribution is 0.0963. The Kier molecular flexibility index (Phi) is 7.29. The molecule has 0 unspecified atom stereocenters. The third kappa shape index (κ3) is 6.12. The van der Waals surface area contributed by atoms with Gasteiger partial charge in [0.15, 0.2) is 5.96 Å². The Bertz CT molecular complexity index is 746. The van der Waals surface area contributed by atoms with E-state index in [-0.39, 0.29) is 5.91 Å². The molecule has 2 aromatic rings. The van der Waals surface area contributed by atoms with Crippen molar-refractivity contribution >= 4 is 23.5 Å². The molecule has 0 aliphatic rings. The molecule has 2 rings (SSSR count). The van der Waals surface area contributed by atoms with E-state index in [0.29, 0.717) is 29.6 Å². The van der Waals surface area contributed by atoms with Crippen molar-refractivity contribution in [2.24, 2.45) is 4.99 Å². The average molecular weight is 359 g/mol. The van der Waals surface area contributed by atoms with Gasteiger partial charge in [-0.25, -0.2) is 4.99 Å². The van der Waals surface area contributed by atoms with Crippen LogP contribution >= 0.6 is 11.6 Å². The minimum Gasteiger partial charge on any atom is -0.357 e. The van der Waals surface area contributed by atoms with E-state index >= 15 is 0 Å². The van der Waals surface area contributed by atoms with Gasteiger partial charge in [0.1, 0.15) is 0 Å². The number of amides is 1. The molecular weight excluding hydrogens is 336 g/mol. The second-order valence-corrected chi connectivity index (χ2v) is 5.89. The average Bonchev–Trinajstić information content (AvgIpc) is 2.63. The van der Waals surface area contributed by atoms with Gasteiger partial charge in [-0.2, -0.15) is 0 Å². The fourth-order valence-electron chi connectivity index (χ4n) is 2.30. The molecule has 0 aliphatic carbocycles. The number of carbonyl (C=O) groups excluding carboxylic acids is 1. The SMILES string of the molecule is CCNC(=NCc1cccc(Cl)c1)NCc1cccc(C(=O)NC)c1. The first kappa shape index (κ1) is 18.8. The molecule has 0 fully saturated rings. The maximum Gasteiger partial charge on any atom is 0.251 e. The molecule has 2 aromatic carbocycles. The van der Waals surface area contributed by atoms with Gasteiger partial charge in [0.2, 0.25) is 0 Å². The summed E-state index contributed by atoms with van der Waals surface area (Å²) in [4.78, 5) is 16.3. The van der Waals surface area contributed by atoms with E-state index in [4.69, 9.17) is 11.6 Å². The summed E-state index contributed by atoms with van der Waals surface area (Å²) in [6.07, 6.45) is 0. The maximum absolute atomic E-state index is 11.7. The zero-order valence-corrected chi connectivity index (χ0v) is 15.2. The molecule has 25 heavy (non-hydrogen) atoms. The van der Waals surface area contributed by atoms with E-state index in [1.807, 2.05) is 49.4 Å². The van der Waals surface area contributed by atoms with Crippen molar-refractivity contribution in [3.63, 3.8) is 0 Å². The molecular formula is C19H23ClN4O. The number of benzene rings is 2. The van der Waals surface area contributed by atoms with Crippen LogP contribution in [0.5, 0.6) is 0 Å². The van der Waals surface area contributed by atoms with Crippen LogP contribution in [0.15, 0.2) is 53.5 Å². The summed E-state index contributed by atoms with van der Waals surface area (Å²) in [7, 11) is 1.62. The van der Waals surface area contributed by atoms with E-state index in [0.717, 1.165) is 17.7 Å². The summed E-state index contributed by atoms with van der Waals surface area (Å²) in [5.74, 6) is 0.621. The van der Waals surface area contributed by atoms with Crippen LogP contribution in [0.25, 0.3) is 0 Å². The summed E-state index contributed by atoms with van der Waals surface area (Å²) in [5.41, 5.74) is 2.70. The molecule has 0 aliphatic heterocycles. The third-order valence-corrected chi connectivity index (χ3v) is 3.76. The smallest absolute Gasteiger partial charge is 0.251 e. The Balaban J connectivity index is 2.01. The Morgan fingerprint density at radius 3 is 2.56 bits per heavy atom. The number of carbonyl (C=O) groups is 1. The lowest BCUT2D eigenvalue weighted by atomic mass is 10.1. The van der Waals surface area contributed by atoms with Crippen LogP contribution in [-0.4, -0.2) is 25.5 Å². The molecule has 6 heteroatoms. The van der Waals surface area contributed by atoms with E-state index in [9.17, 15) is 4.79 Å². The van der Waals surface area contributed by atoms with Crippen LogP contribution in [-0.2, 0) is 13.1 Å². The predicted molar refractivity (Wildman–Crippen MR) is 103 cm³/mol. The van der Waals surface area contributed by atoms with Crippen LogP contribution in [0.3, 0.4) is 0 Å². The van der Waals surface area contributed by atoms with Crippen LogP contribution in [0.1, 0.15) is 28.4 Å². The number of aliphatic imine (C=N–C) groups is 1. The lowest BCUT2D eigenvalue weighted by Gasteiger charge is -2.12. The summed E-state index contributed by atoms with van der Waals surface area (Å²) in [5, 5.41) is 9.83. The molecule has 0 saturated heterocycles. The number of hydrogen-bond donors (Lipinski definition) is 3. The first-order valence-corrected chi connectivity index (χ1v) is 8.57. The summed E-state index contributed by atoms with van der Waals surface area (Å²) >= 11 is 6.00. The highest BCUT2D eigenvalue weighted by Crippen LogP contribution is 2.11. The van der Waals surface area contributed by atoms with Crippen molar-refractivity contribution in [3.8, 4) is 0 Å². The van der Waals surface area contributed by atoms with Gasteiger partial charge in [0, 0.05) is 30.7 Å². The Labute approximate surface area is 153 Å². The van der Waals surface area contributed by atoms with Crippen molar-refractivity contribution < 1.29 is 4.79 Å². The largest absolute Gasteiger partial charge is 0.357 e. The van der Waals surface area contributed by atoms with E-state index in [1.54, 1.807) is 13.1 Å². The quantitative estimate of drug-likeness (QED) is 0.549. The third-order valence-electron chi connectivity index (χ3n) is 3.53. The van der Waals surface area contributed by atoms with E-state index < -0.39 is 0 Å². The fourth-order valence-corrected chi connectivity index (χ4v) is 2.51. The van der Waals surface area contributed by atoms with Gasteiger partial charge in [-0.15, -0.1) is 0 Å². The topological polar surface area (TPSA) is 65.5 Å². The number of guanidine groups is 1. The minimum absolute atomic E-state index is 0.0941. The number of nitrogens with zero attached hydrogens (tertiary/aromatic N) is 1. The number of nitrogens with one attached hydrogen (secondary N) is 3. The molecule has 1 amide bonds. The maximum atomic E-state index is 11.7.